The van der Waals surface area contributed by atoms with Crippen LogP contribution in [0.3, 0.4) is 0 Å². The molecule has 0 aromatic heterocycles. The van der Waals surface area contributed by atoms with Crippen LogP contribution in [0.4, 0.5) is 0 Å². The molecule has 4 heteroatoms. The van der Waals surface area contributed by atoms with Gasteiger partial charge in [-0.3, -0.25) is 5.73 Å². The van der Waals surface area contributed by atoms with Crippen molar-refractivity contribution in [3.05, 3.63) is 0 Å². The van der Waals surface area contributed by atoms with Gasteiger partial charge in [-0.1, -0.05) is 0 Å². The molecule has 3 N–H and O–H groups in total. The minimum Gasteiger partial charge on any atom is -0.307 e. The van der Waals surface area contributed by atoms with Crippen LogP contribution in [-0.2, 0) is 0 Å². The van der Waals surface area contributed by atoms with Crippen LogP contribution in [0.2, 0.25) is 0 Å². The molecule has 0 amide bonds. The van der Waals surface area contributed by atoms with Gasteiger partial charge in [0.15, 0.2) is 6.29 Å². The number of hydrogen-bond acceptors (Lipinski definition) is 4. The minimum absolute atomic E-state index is 0.194. The fraction of sp³-hybridized carbons (Fsp3) is 0.667. The van der Waals surface area contributed by atoms with Gasteiger partial charge >= 0.3 is 0 Å². The van der Waals surface area contributed by atoms with Gasteiger partial charge < -0.3 is 5.43 Å². The van der Waals surface area contributed by atoms with E-state index in [4.69, 9.17) is 5.73 Å². The first kappa shape index (κ1) is 4.55. The number of nitrogens with zero attached hydrogens (tertiary/aromatic N) is 2. The maximum Gasteiger partial charge on any atom is 0.171 e. The summed E-state index contributed by atoms with van der Waals surface area (Å²) in [4.78, 5) is 3.78. The first-order chi connectivity index (χ1) is 3.30. The van der Waals surface area contributed by atoms with E-state index in [1.54, 1.807) is 11.3 Å². The topological polar surface area (TPSA) is 53.6 Å². The Kier molecular flexibility index (Phi) is 0.958. The first-order valence-corrected chi connectivity index (χ1v) is 2.07. The largest absolute Gasteiger partial charge is 0.307 e. The molecule has 0 fully saturated rings. The highest BCUT2D eigenvalue weighted by Gasteiger charge is 2.08. The first-order valence-electron chi connectivity index (χ1n) is 2.07. The Morgan fingerprint density at radius 3 is 2.86 bits per heavy atom. The van der Waals surface area contributed by atoms with Gasteiger partial charge in [-0.05, 0) is 0 Å². The molecule has 1 unspecified atom stereocenters. The zero-order valence-electron chi connectivity index (χ0n) is 4.13. The zero-order chi connectivity index (χ0) is 5.28. The molecule has 0 aliphatic carbocycles. The minimum atomic E-state index is -0.194. The van der Waals surface area contributed by atoms with Gasteiger partial charge in [0.05, 0.1) is 0 Å². The van der Waals surface area contributed by atoms with E-state index in [1.807, 2.05) is 7.05 Å². The van der Waals surface area contributed by atoms with Gasteiger partial charge in [-0.15, -0.1) is 0 Å². The lowest BCUT2D eigenvalue weighted by molar-refractivity contribution is 0.246. The standard InChI is InChI=1S/C3H8N4/c1-7-3(4)5-2-6-7/h2-3H,4H2,1H3,(H,5,6). The van der Waals surface area contributed by atoms with Gasteiger partial charge in [0, 0.05) is 7.05 Å². The van der Waals surface area contributed by atoms with Crippen molar-refractivity contribution in [2.75, 3.05) is 7.05 Å². The van der Waals surface area contributed by atoms with E-state index in [0.717, 1.165) is 0 Å². The van der Waals surface area contributed by atoms with Crippen LogP contribution >= 0.6 is 0 Å². The molecule has 0 radical (unpaired) electrons. The molecule has 0 aromatic carbocycles. The van der Waals surface area contributed by atoms with E-state index in [1.165, 1.54) is 0 Å². The third-order valence-electron chi connectivity index (χ3n) is 0.885. The van der Waals surface area contributed by atoms with Crippen molar-refractivity contribution in [3.63, 3.8) is 0 Å². The van der Waals surface area contributed by atoms with Crippen LogP contribution in [0.1, 0.15) is 0 Å². The number of aliphatic imine (C=N–C) groups is 1. The van der Waals surface area contributed by atoms with Crippen molar-refractivity contribution in [2.45, 2.75) is 6.29 Å². The predicted octanol–water partition coefficient (Wildman–Crippen LogP) is -1.29. The Labute approximate surface area is 42.0 Å². The summed E-state index contributed by atoms with van der Waals surface area (Å²) in [6.45, 7) is 0. The summed E-state index contributed by atoms with van der Waals surface area (Å²) >= 11 is 0. The highest BCUT2D eigenvalue weighted by molar-refractivity contribution is 5.55. The van der Waals surface area contributed by atoms with Crippen molar-refractivity contribution < 1.29 is 0 Å². The second kappa shape index (κ2) is 1.48. The van der Waals surface area contributed by atoms with Gasteiger partial charge in [-0.25, -0.2) is 4.99 Å². The van der Waals surface area contributed by atoms with Crippen molar-refractivity contribution >= 4 is 6.34 Å². The van der Waals surface area contributed by atoms with Crippen LogP contribution in [0.15, 0.2) is 4.99 Å². The Morgan fingerprint density at radius 1 is 2.00 bits per heavy atom. The molecule has 0 spiro atoms. The maximum absolute atomic E-state index is 5.34. The summed E-state index contributed by atoms with van der Waals surface area (Å²) in [6, 6.07) is 0. The van der Waals surface area contributed by atoms with E-state index in [0.29, 0.717) is 0 Å². The Morgan fingerprint density at radius 2 is 2.71 bits per heavy atom. The molecule has 0 bridgehead atoms. The molecule has 1 rings (SSSR count). The van der Waals surface area contributed by atoms with E-state index < -0.39 is 0 Å². The number of nitrogens with one attached hydrogen (secondary N) is 1. The molecule has 4 nitrogen and oxygen atoms in total. The molecule has 7 heavy (non-hydrogen) atoms. The summed E-state index contributed by atoms with van der Waals surface area (Å²) in [6.07, 6.45) is 1.38. The van der Waals surface area contributed by atoms with Crippen LogP contribution in [0.25, 0.3) is 0 Å². The van der Waals surface area contributed by atoms with Gasteiger partial charge in [0.2, 0.25) is 0 Å². The highest BCUT2D eigenvalue weighted by atomic mass is 15.6. The lowest BCUT2D eigenvalue weighted by Crippen LogP contribution is -2.39. The van der Waals surface area contributed by atoms with Crippen molar-refractivity contribution in [2.24, 2.45) is 10.7 Å². The number of nitrogens with two attached hydrogens (primary N) is 1. The van der Waals surface area contributed by atoms with Crippen LogP contribution in [0, 0.1) is 0 Å². The average molecular weight is 100 g/mol. The average Bonchev–Trinajstić information content (AvgIpc) is 1.91. The Balaban J connectivity index is 2.45. The molecule has 1 heterocycles. The zero-order valence-corrected chi connectivity index (χ0v) is 4.13. The lowest BCUT2D eigenvalue weighted by Gasteiger charge is -2.10. The molecule has 1 aliphatic heterocycles. The van der Waals surface area contributed by atoms with Gasteiger partial charge in [0.25, 0.3) is 0 Å². The van der Waals surface area contributed by atoms with E-state index in [2.05, 4.69) is 10.4 Å². The molecule has 1 aliphatic rings. The second-order valence-electron chi connectivity index (χ2n) is 1.43. The predicted molar refractivity (Wildman–Crippen MR) is 27.4 cm³/mol. The van der Waals surface area contributed by atoms with E-state index in [9.17, 15) is 0 Å². The molecule has 1 atom stereocenters. The number of hydrogen-bond donors (Lipinski definition) is 2. The van der Waals surface area contributed by atoms with Crippen LogP contribution in [-0.4, -0.2) is 24.7 Å². The third-order valence-corrected chi connectivity index (χ3v) is 0.885. The summed E-state index contributed by atoms with van der Waals surface area (Å²) in [5.74, 6) is 0. The monoisotopic (exact) mass is 100 g/mol. The fourth-order valence-corrected chi connectivity index (χ4v) is 0.377. The quantitative estimate of drug-likeness (QED) is 0.398. The summed E-state index contributed by atoms with van der Waals surface area (Å²) in [5.41, 5.74) is 8.13. The highest BCUT2D eigenvalue weighted by Crippen LogP contribution is 1.87. The molecular formula is C3H8N4. The second-order valence-corrected chi connectivity index (χ2v) is 1.43. The van der Waals surface area contributed by atoms with E-state index >= 15 is 0 Å². The third kappa shape index (κ3) is 0.703. The van der Waals surface area contributed by atoms with Crippen LogP contribution < -0.4 is 11.2 Å². The number of rotatable bonds is 0. The maximum atomic E-state index is 5.34. The smallest absolute Gasteiger partial charge is 0.171 e. The normalized spacial score (nSPS) is 30.9. The molecule has 0 saturated heterocycles. The van der Waals surface area contributed by atoms with Crippen molar-refractivity contribution in [3.8, 4) is 0 Å². The SMILES string of the molecule is CN1NC=NC1N. The van der Waals surface area contributed by atoms with Gasteiger partial charge in [0.1, 0.15) is 6.34 Å². The van der Waals surface area contributed by atoms with Gasteiger partial charge in [-0.2, -0.15) is 5.01 Å². The molecule has 40 valence electrons. The van der Waals surface area contributed by atoms with Crippen molar-refractivity contribution in [1.29, 1.82) is 0 Å². The molecule has 0 saturated carbocycles. The fourth-order valence-electron chi connectivity index (χ4n) is 0.377. The summed E-state index contributed by atoms with van der Waals surface area (Å²) in [7, 11) is 1.83. The molecule has 0 aromatic rings. The summed E-state index contributed by atoms with van der Waals surface area (Å²) < 4.78 is 0. The molecular weight excluding hydrogens is 92.1 g/mol. The summed E-state index contributed by atoms with van der Waals surface area (Å²) in [5, 5.41) is 1.71. The number of hydrazine groups is 1. The van der Waals surface area contributed by atoms with Crippen LogP contribution in [0.5, 0.6) is 0 Å². The Hall–Kier alpha value is -0.610. The Bertz CT molecular complexity index is 88.9. The van der Waals surface area contributed by atoms with E-state index in [-0.39, 0.29) is 6.29 Å². The van der Waals surface area contributed by atoms with Crippen molar-refractivity contribution in [1.82, 2.24) is 10.4 Å². The lowest BCUT2D eigenvalue weighted by atomic mass is 10.9.